The predicted molar refractivity (Wildman–Crippen MR) is 109 cm³/mol. The highest BCUT2D eigenvalue weighted by Gasteiger charge is 2.41. The quantitative estimate of drug-likeness (QED) is 0.597. The van der Waals surface area contributed by atoms with Gasteiger partial charge in [-0.1, -0.05) is 38.1 Å². The lowest BCUT2D eigenvalue weighted by atomic mass is 9.68. The van der Waals surface area contributed by atoms with Crippen molar-refractivity contribution in [2.24, 2.45) is 5.41 Å². The van der Waals surface area contributed by atoms with Gasteiger partial charge in [0.1, 0.15) is 5.82 Å². The third-order valence-electron chi connectivity index (χ3n) is 5.81. The Balaban J connectivity index is 1.83. The molecule has 28 heavy (non-hydrogen) atoms. The van der Waals surface area contributed by atoms with Gasteiger partial charge < -0.3 is 5.32 Å². The number of nitrogens with one attached hydrogen (secondary N) is 1. The molecule has 0 bridgehead atoms. The Morgan fingerprint density at radius 1 is 1.07 bits per heavy atom. The van der Waals surface area contributed by atoms with Crippen molar-refractivity contribution in [1.29, 1.82) is 0 Å². The van der Waals surface area contributed by atoms with Crippen LogP contribution in [0.3, 0.4) is 0 Å². The first-order valence-corrected chi connectivity index (χ1v) is 9.60. The van der Waals surface area contributed by atoms with Crippen LogP contribution in [0.25, 0.3) is 16.5 Å². The van der Waals surface area contributed by atoms with Crippen LogP contribution in [0.1, 0.15) is 43.9 Å². The van der Waals surface area contributed by atoms with Gasteiger partial charge in [0.2, 0.25) is 0 Å². The van der Waals surface area contributed by atoms with E-state index in [-0.39, 0.29) is 17.0 Å². The van der Waals surface area contributed by atoms with E-state index in [1.165, 1.54) is 6.07 Å². The highest BCUT2D eigenvalue weighted by Crippen LogP contribution is 2.52. The predicted octanol–water partition coefficient (Wildman–Crippen LogP) is 5.68. The van der Waals surface area contributed by atoms with Crippen molar-refractivity contribution in [3.8, 4) is 0 Å². The molecule has 3 aromatic rings. The second kappa shape index (κ2) is 5.99. The molecular weight excluding hydrogens is 351 g/mol. The molecule has 2 aliphatic rings. The van der Waals surface area contributed by atoms with Crippen LogP contribution < -0.4 is 5.32 Å². The number of pyridine rings is 1. The molecule has 0 amide bonds. The molecule has 0 saturated carbocycles. The maximum absolute atomic E-state index is 14.7. The number of anilines is 1. The second-order valence-corrected chi connectivity index (χ2v) is 8.49. The van der Waals surface area contributed by atoms with Gasteiger partial charge in [-0.05, 0) is 41.7 Å². The number of Topliss-reactive ketones (excluding diaryl/α,β-unsaturated/α-hetero) is 1. The largest absolute Gasteiger partial charge is 0.373 e. The van der Waals surface area contributed by atoms with Crippen LogP contribution in [0, 0.1) is 11.2 Å². The van der Waals surface area contributed by atoms with Crippen LogP contribution in [-0.4, -0.2) is 10.8 Å². The summed E-state index contributed by atoms with van der Waals surface area (Å²) in [5, 5.41) is 4.48. The topological polar surface area (TPSA) is 42.0 Å². The SMILES string of the molecule is CC1(C)CC(=O)C2=C(C1)c1c(ccc3ncccc13)N[C@H]2c1ccccc1F. The lowest BCUT2D eigenvalue weighted by Gasteiger charge is -2.40. The van der Waals surface area contributed by atoms with Gasteiger partial charge in [0.15, 0.2) is 5.78 Å². The van der Waals surface area contributed by atoms with E-state index in [4.69, 9.17) is 0 Å². The van der Waals surface area contributed by atoms with Crippen LogP contribution in [0.5, 0.6) is 0 Å². The number of benzene rings is 2. The van der Waals surface area contributed by atoms with E-state index in [1.54, 1.807) is 18.3 Å². The van der Waals surface area contributed by atoms with Crippen molar-refractivity contribution in [2.45, 2.75) is 32.7 Å². The van der Waals surface area contributed by atoms with Crippen LogP contribution >= 0.6 is 0 Å². The van der Waals surface area contributed by atoms with Crippen LogP contribution in [-0.2, 0) is 4.79 Å². The van der Waals surface area contributed by atoms with E-state index in [1.807, 2.05) is 30.3 Å². The van der Waals surface area contributed by atoms with E-state index < -0.39 is 6.04 Å². The Morgan fingerprint density at radius 3 is 2.71 bits per heavy atom. The molecule has 0 unspecified atom stereocenters. The first-order valence-electron chi connectivity index (χ1n) is 9.60. The van der Waals surface area contributed by atoms with Gasteiger partial charge in [-0.3, -0.25) is 9.78 Å². The summed E-state index contributed by atoms with van der Waals surface area (Å²) in [6, 6.07) is 14.2. The van der Waals surface area contributed by atoms with E-state index in [9.17, 15) is 9.18 Å². The molecule has 140 valence electrons. The number of hydrogen-bond donors (Lipinski definition) is 1. The Morgan fingerprint density at radius 2 is 1.89 bits per heavy atom. The zero-order valence-electron chi connectivity index (χ0n) is 15.9. The fraction of sp³-hybridized carbons (Fsp3) is 0.250. The Kier molecular flexibility index (Phi) is 3.66. The summed E-state index contributed by atoms with van der Waals surface area (Å²) in [6.07, 6.45) is 3.02. The maximum atomic E-state index is 14.7. The molecule has 5 rings (SSSR count). The second-order valence-electron chi connectivity index (χ2n) is 8.49. The summed E-state index contributed by atoms with van der Waals surface area (Å²) >= 11 is 0. The molecule has 0 saturated heterocycles. The molecule has 1 aromatic heterocycles. The molecule has 0 spiro atoms. The van der Waals surface area contributed by atoms with Crippen LogP contribution in [0.15, 0.2) is 60.3 Å². The molecule has 1 N–H and O–H groups in total. The number of carbonyl (C=O) groups excluding carboxylic acids is 1. The monoisotopic (exact) mass is 372 g/mol. The minimum atomic E-state index is -0.471. The highest BCUT2D eigenvalue weighted by molar-refractivity contribution is 6.12. The van der Waals surface area contributed by atoms with E-state index in [0.717, 1.165) is 34.1 Å². The zero-order valence-corrected chi connectivity index (χ0v) is 15.9. The molecule has 3 nitrogen and oxygen atoms in total. The average molecular weight is 372 g/mol. The van der Waals surface area contributed by atoms with Gasteiger partial charge in [0, 0.05) is 40.4 Å². The molecule has 1 aliphatic heterocycles. The van der Waals surface area contributed by atoms with Crippen molar-refractivity contribution in [1.82, 2.24) is 4.98 Å². The third-order valence-corrected chi connectivity index (χ3v) is 5.81. The average Bonchev–Trinajstić information content (AvgIpc) is 2.66. The van der Waals surface area contributed by atoms with Gasteiger partial charge in [-0.2, -0.15) is 0 Å². The first-order chi connectivity index (χ1) is 13.4. The number of hydrogen-bond acceptors (Lipinski definition) is 3. The molecular formula is C24H21FN2O. The summed E-state index contributed by atoms with van der Waals surface area (Å²) in [6.45, 7) is 4.25. The van der Waals surface area contributed by atoms with E-state index >= 15 is 0 Å². The summed E-state index contributed by atoms with van der Waals surface area (Å²) in [4.78, 5) is 17.7. The van der Waals surface area contributed by atoms with E-state index in [0.29, 0.717) is 17.6 Å². The molecule has 0 radical (unpaired) electrons. The number of carbonyl (C=O) groups is 1. The Hall–Kier alpha value is -3.01. The Labute approximate surface area is 163 Å². The third kappa shape index (κ3) is 2.55. The number of halogens is 1. The van der Waals surface area contributed by atoms with Crippen molar-refractivity contribution in [2.75, 3.05) is 5.32 Å². The Bertz CT molecular complexity index is 1160. The fourth-order valence-electron chi connectivity index (χ4n) is 4.66. The van der Waals surface area contributed by atoms with Crippen LogP contribution in [0.2, 0.25) is 0 Å². The highest BCUT2D eigenvalue weighted by atomic mass is 19.1. The molecule has 0 fully saturated rings. The van der Waals surface area contributed by atoms with Gasteiger partial charge in [0.05, 0.1) is 11.6 Å². The number of nitrogens with zero attached hydrogens (tertiary/aromatic N) is 1. The standard InChI is InChI=1S/C24H21FN2O/c1-24(2)12-16-21-15-7-5-11-26-18(15)9-10-19(21)27-23(22(16)20(28)13-24)14-6-3-4-8-17(14)25/h3-11,23,27H,12-13H2,1-2H3/t23-/m0/s1. The van der Waals surface area contributed by atoms with E-state index in [2.05, 4.69) is 24.1 Å². The molecule has 2 heterocycles. The summed E-state index contributed by atoms with van der Waals surface area (Å²) in [5.74, 6) is -0.200. The molecule has 4 heteroatoms. The van der Waals surface area contributed by atoms with Gasteiger partial charge in [0.25, 0.3) is 0 Å². The van der Waals surface area contributed by atoms with Crippen molar-refractivity contribution >= 4 is 27.9 Å². The zero-order chi connectivity index (χ0) is 19.5. The lowest BCUT2D eigenvalue weighted by molar-refractivity contribution is -0.118. The van der Waals surface area contributed by atoms with Crippen molar-refractivity contribution in [3.63, 3.8) is 0 Å². The summed E-state index contributed by atoms with van der Waals surface area (Å²) in [7, 11) is 0. The number of ketones is 1. The van der Waals surface area contributed by atoms with Crippen molar-refractivity contribution < 1.29 is 9.18 Å². The molecule has 2 aromatic carbocycles. The minimum absolute atomic E-state index is 0.0959. The molecule has 1 aliphatic carbocycles. The summed E-state index contributed by atoms with van der Waals surface area (Å²) < 4.78 is 14.7. The number of rotatable bonds is 1. The van der Waals surface area contributed by atoms with Crippen molar-refractivity contribution in [3.05, 3.63) is 77.2 Å². The van der Waals surface area contributed by atoms with Gasteiger partial charge in [-0.15, -0.1) is 0 Å². The number of fused-ring (bicyclic) bond motifs is 4. The number of allylic oxidation sites excluding steroid dienone is 1. The smallest absolute Gasteiger partial charge is 0.162 e. The van der Waals surface area contributed by atoms with Gasteiger partial charge >= 0.3 is 0 Å². The minimum Gasteiger partial charge on any atom is -0.373 e. The maximum Gasteiger partial charge on any atom is 0.162 e. The fourth-order valence-corrected chi connectivity index (χ4v) is 4.66. The molecule has 1 atom stereocenters. The summed E-state index contributed by atoms with van der Waals surface area (Å²) in [5.41, 5.74) is 4.98. The van der Waals surface area contributed by atoms with Gasteiger partial charge in [-0.25, -0.2) is 4.39 Å². The first kappa shape index (κ1) is 17.1. The lowest BCUT2D eigenvalue weighted by Crippen LogP contribution is -2.33. The van der Waals surface area contributed by atoms with Crippen LogP contribution in [0.4, 0.5) is 10.1 Å². The number of aromatic nitrogens is 1. The normalized spacial score (nSPS) is 20.5.